The minimum absolute atomic E-state index is 0.0389. The molecule has 2 rings (SSSR count). The molecule has 0 heterocycles. The third-order valence-electron chi connectivity index (χ3n) is 3.75. The van der Waals surface area contributed by atoms with Crippen LogP contribution in [0.3, 0.4) is 0 Å². The fraction of sp³-hybridized carbons (Fsp3) is 0.190. The molecule has 26 heavy (non-hydrogen) atoms. The molecule has 0 aliphatic carbocycles. The van der Waals surface area contributed by atoms with Crippen LogP contribution >= 0.6 is 0 Å². The van der Waals surface area contributed by atoms with Gasteiger partial charge in [-0.3, -0.25) is 0 Å². The van der Waals surface area contributed by atoms with Crippen molar-refractivity contribution >= 4 is 6.08 Å². The molecule has 0 aliphatic rings. The number of ether oxygens (including phenoxy) is 2. The second kappa shape index (κ2) is 9.80. The fourth-order valence-electron chi connectivity index (χ4n) is 2.39. The van der Waals surface area contributed by atoms with Crippen LogP contribution in [0.2, 0.25) is 0 Å². The highest BCUT2D eigenvalue weighted by molar-refractivity contribution is 5.62. The quantitative estimate of drug-likeness (QED) is 0.561. The maximum absolute atomic E-state index is 9.92. The Morgan fingerprint density at radius 1 is 1.15 bits per heavy atom. The third-order valence-corrected chi connectivity index (χ3v) is 3.75. The normalized spacial score (nSPS) is 11.2. The Kier molecular flexibility index (Phi) is 7.14. The highest BCUT2D eigenvalue weighted by atomic mass is 16.5. The first-order valence-corrected chi connectivity index (χ1v) is 8.19. The highest BCUT2D eigenvalue weighted by Crippen LogP contribution is 2.37. The zero-order valence-corrected chi connectivity index (χ0v) is 14.9. The number of methoxy groups -OCH3 is 2. The number of phenols is 1. The second-order valence-corrected chi connectivity index (χ2v) is 5.49. The van der Waals surface area contributed by atoms with Gasteiger partial charge in [0.25, 0.3) is 0 Å². The number of hydrogen-bond acceptors (Lipinski definition) is 5. The number of aromatic hydroxyl groups is 1. The Labute approximate surface area is 153 Å². The van der Waals surface area contributed by atoms with E-state index in [1.54, 1.807) is 30.4 Å². The van der Waals surface area contributed by atoms with Crippen molar-refractivity contribution in [2.45, 2.75) is 6.42 Å². The van der Waals surface area contributed by atoms with Gasteiger partial charge < -0.3 is 19.9 Å². The summed E-state index contributed by atoms with van der Waals surface area (Å²) in [6.07, 6.45) is 6.12. The summed E-state index contributed by atoms with van der Waals surface area (Å²) < 4.78 is 10.3. The lowest BCUT2D eigenvalue weighted by Gasteiger charge is -2.09. The summed E-state index contributed by atoms with van der Waals surface area (Å²) in [5.74, 6) is 0.618. The molecular weight excluding hydrogens is 328 g/mol. The lowest BCUT2D eigenvalue weighted by Crippen LogP contribution is -2.15. The lowest BCUT2D eigenvalue weighted by atomic mass is 10.1. The van der Waals surface area contributed by atoms with Crippen LogP contribution in [-0.2, 0) is 6.42 Å². The molecule has 5 heteroatoms. The SMILES string of the molecule is COc1cc(C=CC=C(C#N)NCCc2ccccc2)cc(OC)c1O. The van der Waals surface area contributed by atoms with Gasteiger partial charge in [0.15, 0.2) is 11.5 Å². The van der Waals surface area contributed by atoms with Crippen molar-refractivity contribution in [2.75, 3.05) is 20.8 Å². The van der Waals surface area contributed by atoms with E-state index in [-0.39, 0.29) is 5.75 Å². The molecular formula is C21H22N2O3. The van der Waals surface area contributed by atoms with E-state index >= 15 is 0 Å². The van der Waals surface area contributed by atoms with Gasteiger partial charge in [0.05, 0.1) is 14.2 Å². The van der Waals surface area contributed by atoms with Crippen molar-refractivity contribution in [3.05, 3.63) is 71.4 Å². The highest BCUT2D eigenvalue weighted by Gasteiger charge is 2.09. The van der Waals surface area contributed by atoms with E-state index in [0.717, 1.165) is 12.0 Å². The topological polar surface area (TPSA) is 74.5 Å². The number of rotatable bonds is 8. The van der Waals surface area contributed by atoms with Crippen LogP contribution in [0.25, 0.3) is 6.08 Å². The Hall–Kier alpha value is -3.39. The van der Waals surface area contributed by atoms with Crippen molar-refractivity contribution in [2.24, 2.45) is 0 Å². The fourth-order valence-corrected chi connectivity index (χ4v) is 2.39. The molecule has 0 aromatic heterocycles. The molecule has 0 aliphatic heterocycles. The maximum Gasteiger partial charge on any atom is 0.200 e. The first-order chi connectivity index (χ1) is 12.7. The Morgan fingerprint density at radius 3 is 2.38 bits per heavy atom. The molecule has 0 radical (unpaired) electrons. The molecule has 0 saturated heterocycles. The predicted molar refractivity (Wildman–Crippen MR) is 102 cm³/mol. The Morgan fingerprint density at radius 2 is 1.81 bits per heavy atom. The van der Waals surface area contributed by atoms with Crippen molar-refractivity contribution < 1.29 is 14.6 Å². The molecule has 0 spiro atoms. The molecule has 0 unspecified atom stereocenters. The van der Waals surface area contributed by atoms with E-state index in [0.29, 0.717) is 23.7 Å². The Bertz CT molecular complexity index is 796. The van der Waals surface area contributed by atoms with Gasteiger partial charge in [0.2, 0.25) is 5.75 Å². The summed E-state index contributed by atoms with van der Waals surface area (Å²) in [4.78, 5) is 0. The van der Waals surface area contributed by atoms with Crippen molar-refractivity contribution in [1.29, 1.82) is 5.26 Å². The molecule has 2 aromatic rings. The largest absolute Gasteiger partial charge is 0.502 e. The summed E-state index contributed by atoms with van der Waals surface area (Å²) in [5, 5.41) is 22.3. The number of allylic oxidation sites excluding steroid dienone is 3. The van der Waals surface area contributed by atoms with E-state index < -0.39 is 0 Å². The first kappa shape index (κ1) is 18.9. The van der Waals surface area contributed by atoms with Crippen LogP contribution in [0.4, 0.5) is 0 Å². The summed E-state index contributed by atoms with van der Waals surface area (Å²) in [7, 11) is 2.96. The van der Waals surface area contributed by atoms with Crippen LogP contribution < -0.4 is 14.8 Å². The maximum atomic E-state index is 9.92. The van der Waals surface area contributed by atoms with E-state index in [9.17, 15) is 10.4 Å². The van der Waals surface area contributed by atoms with Gasteiger partial charge in [0.1, 0.15) is 11.8 Å². The Balaban J connectivity index is 2.00. The van der Waals surface area contributed by atoms with Crippen LogP contribution in [-0.4, -0.2) is 25.9 Å². The molecule has 0 saturated carbocycles. The number of phenolic OH excluding ortho intramolecular Hbond substituents is 1. The number of benzene rings is 2. The predicted octanol–water partition coefficient (Wildman–Crippen LogP) is 3.66. The van der Waals surface area contributed by atoms with Gasteiger partial charge in [-0.2, -0.15) is 5.26 Å². The van der Waals surface area contributed by atoms with Crippen LogP contribution in [0.15, 0.2) is 60.3 Å². The summed E-state index contributed by atoms with van der Waals surface area (Å²) in [6, 6.07) is 15.6. The van der Waals surface area contributed by atoms with E-state index in [2.05, 4.69) is 23.5 Å². The molecule has 0 bridgehead atoms. The van der Waals surface area contributed by atoms with E-state index in [1.807, 2.05) is 18.2 Å². The molecule has 2 aromatic carbocycles. The molecule has 5 nitrogen and oxygen atoms in total. The molecule has 0 fully saturated rings. The van der Waals surface area contributed by atoms with Crippen molar-refractivity contribution in [3.63, 3.8) is 0 Å². The van der Waals surface area contributed by atoms with Gasteiger partial charge in [-0.15, -0.1) is 0 Å². The average Bonchev–Trinajstić information content (AvgIpc) is 2.68. The number of nitrogens with zero attached hydrogens (tertiary/aromatic N) is 1. The third kappa shape index (κ3) is 5.32. The van der Waals surface area contributed by atoms with E-state index in [1.165, 1.54) is 19.8 Å². The number of nitrogens with one attached hydrogen (secondary N) is 1. The lowest BCUT2D eigenvalue weighted by molar-refractivity contribution is 0.340. The molecule has 0 atom stereocenters. The van der Waals surface area contributed by atoms with Crippen LogP contribution in [0.5, 0.6) is 17.2 Å². The average molecular weight is 350 g/mol. The molecule has 0 amide bonds. The smallest absolute Gasteiger partial charge is 0.200 e. The van der Waals surface area contributed by atoms with E-state index in [4.69, 9.17) is 9.47 Å². The van der Waals surface area contributed by atoms with Crippen molar-refractivity contribution in [1.82, 2.24) is 5.32 Å². The second-order valence-electron chi connectivity index (χ2n) is 5.49. The monoisotopic (exact) mass is 350 g/mol. The minimum atomic E-state index is -0.0389. The minimum Gasteiger partial charge on any atom is -0.502 e. The van der Waals surface area contributed by atoms with Gasteiger partial charge in [-0.1, -0.05) is 42.5 Å². The summed E-state index contributed by atoms with van der Waals surface area (Å²) in [6.45, 7) is 0.679. The summed E-state index contributed by atoms with van der Waals surface area (Å²) >= 11 is 0. The van der Waals surface area contributed by atoms with Gasteiger partial charge in [-0.05, 0) is 35.8 Å². The van der Waals surface area contributed by atoms with Gasteiger partial charge >= 0.3 is 0 Å². The van der Waals surface area contributed by atoms with Crippen LogP contribution in [0, 0.1) is 11.3 Å². The first-order valence-electron chi connectivity index (χ1n) is 8.19. The number of nitriles is 1. The molecule has 134 valence electrons. The zero-order valence-electron chi connectivity index (χ0n) is 14.9. The van der Waals surface area contributed by atoms with Crippen LogP contribution in [0.1, 0.15) is 11.1 Å². The van der Waals surface area contributed by atoms with Gasteiger partial charge in [-0.25, -0.2) is 0 Å². The zero-order chi connectivity index (χ0) is 18.8. The molecule has 2 N–H and O–H groups in total. The van der Waals surface area contributed by atoms with Crippen molar-refractivity contribution in [3.8, 4) is 23.3 Å². The summed E-state index contributed by atoms with van der Waals surface area (Å²) in [5.41, 5.74) is 2.49. The number of hydrogen-bond donors (Lipinski definition) is 2. The standard InChI is InChI=1S/C21H22N2O3/c1-25-19-13-17(14-20(26-2)21(19)24)9-6-10-18(15-22)23-12-11-16-7-4-3-5-8-16/h3-10,13-14,23-24H,11-12H2,1-2H3. The van der Waals surface area contributed by atoms with Gasteiger partial charge in [0, 0.05) is 6.54 Å².